The number of ether oxygens (including phenoxy) is 1. The molecule has 6 heteroatoms. The molecule has 0 atom stereocenters. The fraction of sp³-hybridized carbons (Fsp3) is 0.171. The fourth-order valence-corrected chi connectivity index (χ4v) is 7.56. The normalized spacial score (nSPS) is 12.9. The Labute approximate surface area is 249 Å². The number of nitrogens with zero attached hydrogens (tertiary/aromatic N) is 1. The first-order valence-electron chi connectivity index (χ1n) is 14.2. The minimum atomic E-state index is 0.714. The van der Waals surface area contributed by atoms with Crippen LogP contribution in [0, 0.1) is 0 Å². The van der Waals surface area contributed by atoms with Crippen LogP contribution in [0.1, 0.15) is 42.3 Å². The van der Waals surface area contributed by atoms with Gasteiger partial charge in [-0.2, -0.15) is 0 Å². The molecule has 1 N–H and O–H groups in total. The number of unbranched alkanes of at least 4 members (excludes halogenated alkanes) is 3. The van der Waals surface area contributed by atoms with Crippen molar-refractivity contribution < 1.29 is 9.53 Å². The van der Waals surface area contributed by atoms with Crippen LogP contribution >= 0.6 is 23.1 Å². The number of para-hydroxylation sites is 3. The molecule has 0 amide bonds. The number of hydrogen-bond acceptors (Lipinski definition) is 6. The van der Waals surface area contributed by atoms with Crippen molar-refractivity contribution in [1.82, 2.24) is 0 Å². The number of thiophene rings is 1. The van der Waals surface area contributed by atoms with Gasteiger partial charge in [0.2, 0.25) is 0 Å². The topological polar surface area (TPSA) is 41.6 Å². The average molecular weight is 575 g/mol. The zero-order valence-corrected chi connectivity index (χ0v) is 24.5. The Hall–Kier alpha value is -4.00. The number of nitrogens with one attached hydrogen (secondary N) is 1. The van der Waals surface area contributed by atoms with Gasteiger partial charge in [0.15, 0.2) is 17.8 Å². The van der Waals surface area contributed by atoms with E-state index in [0.29, 0.717) is 4.88 Å². The van der Waals surface area contributed by atoms with Crippen LogP contribution in [0.25, 0.3) is 21.6 Å². The van der Waals surface area contributed by atoms with E-state index in [1.165, 1.54) is 58.2 Å². The van der Waals surface area contributed by atoms with Crippen LogP contribution in [0.2, 0.25) is 0 Å². The molecule has 0 bridgehead atoms. The molecule has 204 valence electrons. The maximum atomic E-state index is 11.4. The summed E-state index contributed by atoms with van der Waals surface area (Å²) in [5, 5.41) is 3.65. The number of fused-ring (bicyclic) bond motifs is 4. The van der Waals surface area contributed by atoms with E-state index >= 15 is 0 Å². The summed E-state index contributed by atoms with van der Waals surface area (Å²) >= 11 is 3.34. The Bertz CT molecular complexity index is 1760. The molecule has 7 rings (SSSR count). The van der Waals surface area contributed by atoms with Crippen LogP contribution in [-0.4, -0.2) is 12.8 Å². The van der Waals surface area contributed by atoms with Gasteiger partial charge in [0.25, 0.3) is 0 Å². The molecular weight excluding hydrogens is 545 g/mol. The van der Waals surface area contributed by atoms with Crippen molar-refractivity contribution in [2.75, 3.05) is 16.8 Å². The zero-order chi connectivity index (χ0) is 27.8. The molecule has 0 saturated heterocycles. The molecule has 0 unspecified atom stereocenters. The van der Waals surface area contributed by atoms with Gasteiger partial charge in [-0.25, -0.2) is 0 Å². The lowest BCUT2D eigenvalue weighted by Crippen LogP contribution is -2.22. The van der Waals surface area contributed by atoms with E-state index in [9.17, 15) is 4.79 Å². The third-order valence-corrected chi connectivity index (χ3v) is 9.84. The average Bonchev–Trinajstić information content (AvgIpc) is 3.50. The van der Waals surface area contributed by atoms with Crippen molar-refractivity contribution in [1.29, 1.82) is 0 Å². The summed E-state index contributed by atoms with van der Waals surface area (Å²) in [6, 6.07) is 31.8. The Kier molecular flexibility index (Phi) is 7.03. The number of rotatable bonds is 8. The molecule has 0 spiro atoms. The summed E-state index contributed by atoms with van der Waals surface area (Å²) in [5.74, 6) is 1.59. The molecule has 0 radical (unpaired) electrons. The van der Waals surface area contributed by atoms with Gasteiger partial charge in [-0.15, -0.1) is 11.3 Å². The van der Waals surface area contributed by atoms with Gasteiger partial charge >= 0.3 is 0 Å². The van der Waals surface area contributed by atoms with Crippen molar-refractivity contribution in [3.63, 3.8) is 0 Å². The highest BCUT2D eigenvalue weighted by Crippen LogP contribution is 2.52. The van der Waals surface area contributed by atoms with Gasteiger partial charge in [-0.1, -0.05) is 68.3 Å². The van der Waals surface area contributed by atoms with Crippen molar-refractivity contribution in [2.24, 2.45) is 0 Å². The van der Waals surface area contributed by atoms with E-state index in [1.54, 1.807) is 0 Å². The quantitative estimate of drug-likeness (QED) is 0.145. The first-order chi connectivity index (χ1) is 20.2. The highest BCUT2D eigenvalue weighted by atomic mass is 32.2. The number of benzene rings is 4. The molecule has 0 fully saturated rings. The molecule has 1 aromatic heterocycles. The lowest BCUT2D eigenvalue weighted by Gasteiger charge is -2.33. The second kappa shape index (κ2) is 11.1. The lowest BCUT2D eigenvalue weighted by molar-refractivity contribution is 0.112. The van der Waals surface area contributed by atoms with Crippen LogP contribution in [-0.2, 0) is 0 Å². The monoisotopic (exact) mass is 574 g/mol. The fourth-order valence-electron chi connectivity index (χ4n) is 5.62. The smallest absolute Gasteiger partial charge is 0.160 e. The molecule has 5 aromatic rings. The van der Waals surface area contributed by atoms with E-state index in [-0.39, 0.29) is 0 Å². The Morgan fingerprint density at radius 2 is 1.66 bits per heavy atom. The standard InChI is InChI=1S/C35H30N2O2S2/c1-2-3-4-9-18-37-28-11-6-8-13-33(28)41-34-21-23(14-16-29(34)37)26-19-24(32-17-15-25(22-38)40-32)20-31-35(26)36-27-10-5-7-12-30(27)39-31/h5-8,10-17,19-22,36H,2-4,9,18H2,1H3. The maximum absolute atomic E-state index is 11.4. The molecule has 2 aliphatic heterocycles. The third kappa shape index (κ3) is 4.92. The highest BCUT2D eigenvalue weighted by Gasteiger charge is 2.26. The second-order valence-corrected chi connectivity index (χ2v) is 12.6. The second-order valence-electron chi connectivity index (χ2n) is 10.4. The number of carbonyl (C=O) groups is 1. The van der Waals surface area contributed by atoms with Crippen LogP contribution in [0.4, 0.5) is 22.7 Å². The number of anilines is 4. The molecule has 4 aromatic carbocycles. The summed E-state index contributed by atoms with van der Waals surface area (Å²) in [6.07, 6.45) is 5.84. The largest absolute Gasteiger partial charge is 0.453 e. The first kappa shape index (κ1) is 25.9. The summed E-state index contributed by atoms with van der Waals surface area (Å²) in [4.78, 5) is 18.2. The summed E-state index contributed by atoms with van der Waals surface area (Å²) in [6.45, 7) is 3.27. The Morgan fingerprint density at radius 3 is 2.54 bits per heavy atom. The zero-order valence-electron chi connectivity index (χ0n) is 22.9. The van der Waals surface area contributed by atoms with Crippen LogP contribution < -0.4 is 15.0 Å². The van der Waals surface area contributed by atoms with Gasteiger partial charge in [0.1, 0.15) is 0 Å². The van der Waals surface area contributed by atoms with Crippen molar-refractivity contribution in [2.45, 2.75) is 42.4 Å². The third-order valence-electron chi connectivity index (χ3n) is 7.67. The van der Waals surface area contributed by atoms with Crippen LogP contribution in [0.3, 0.4) is 0 Å². The van der Waals surface area contributed by atoms with Gasteiger partial charge in [-0.3, -0.25) is 4.79 Å². The molecule has 3 heterocycles. The first-order valence-corrected chi connectivity index (χ1v) is 15.8. The lowest BCUT2D eigenvalue weighted by atomic mass is 9.97. The molecule has 0 aliphatic carbocycles. The van der Waals surface area contributed by atoms with Crippen molar-refractivity contribution in [3.8, 4) is 33.1 Å². The Morgan fingerprint density at radius 1 is 0.805 bits per heavy atom. The van der Waals surface area contributed by atoms with Gasteiger partial charge < -0.3 is 15.0 Å². The SMILES string of the molecule is CCCCCCN1c2ccccc2Sc2cc(-c3cc(-c4ccc(C=O)s4)cc4c3Nc3ccccc3O4)ccc21. The Balaban J connectivity index is 1.33. The van der Waals surface area contributed by atoms with E-state index in [1.807, 2.05) is 48.2 Å². The minimum Gasteiger partial charge on any atom is -0.453 e. The molecule has 2 aliphatic rings. The van der Waals surface area contributed by atoms with Gasteiger partial charge in [0, 0.05) is 26.8 Å². The number of hydrogen-bond donors (Lipinski definition) is 1. The minimum absolute atomic E-state index is 0.714. The van der Waals surface area contributed by atoms with Crippen molar-refractivity contribution >= 4 is 52.1 Å². The van der Waals surface area contributed by atoms with E-state index in [0.717, 1.165) is 57.3 Å². The molecule has 41 heavy (non-hydrogen) atoms. The predicted octanol–water partition coefficient (Wildman–Crippen LogP) is 10.9. The van der Waals surface area contributed by atoms with Crippen LogP contribution in [0.15, 0.2) is 101 Å². The highest BCUT2D eigenvalue weighted by molar-refractivity contribution is 7.99. The van der Waals surface area contributed by atoms with E-state index in [4.69, 9.17) is 4.74 Å². The number of carbonyl (C=O) groups excluding carboxylic acids is 1. The van der Waals surface area contributed by atoms with Gasteiger partial charge in [-0.05, 0) is 78.2 Å². The van der Waals surface area contributed by atoms with Crippen molar-refractivity contribution in [3.05, 3.63) is 95.9 Å². The number of aldehydes is 1. The van der Waals surface area contributed by atoms with E-state index in [2.05, 4.69) is 71.7 Å². The molecular formula is C35H30N2O2S2. The summed E-state index contributed by atoms with van der Waals surface area (Å²) in [7, 11) is 0. The predicted molar refractivity (Wildman–Crippen MR) is 172 cm³/mol. The van der Waals surface area contributed by atoms with Crippen LogP contribution in [0.5, 0.6) is 11.5 Å². The summed E-state index contributed by atoms with van der Waals surface area (Å²) < 4.78 is 6.43. The maximum Gasteiger partial charge on any atom is 0.160 e. The summed E-state index contributed by atoms with van der Waals surface area (Å²) in [5.41, 5.74) is 7.70. The molecule has 0 saturated carbocycles. The van der Waals surface area contributed by atoms with E-state index < -0.39 is 0 Å². The molecule has 4 nitrogen and oxygen atoms in total. The van der Waals surface area contributed by atoms with Gasteiger partial charge in [0.05, 0.1) is 27.6 Å².